The van der Waals surface area contributed by atoms with Crippen LogP contribution in [0.5, 0.6) is 5.75 Å². The summed E-state index contributed by atoms with van der Waals surface area (Å²) < 4.78 is 116. The monoisotopic (exact) mass is 263 g/mol. The molecule has 1 saturated carbocycles. The van der Waals surface area contributed by atoms with Crippen molar-refractivity contribution in [1.82, 2.24) is 0 Å². The Hall–Kier alpha value is -1.06. The van der Waals surface area contributed by atoms with Crippen molar-refractivity contribution < 1.29 is 29.0 Å². The molecule has 1 fully saturated rings. The number of hydrogen-bond acceptors (Lipinski definition) is 3. The second kappa shape index (κ2) is 5.72. The van der Waals surface area contributed by atoms with Gasteiger partial charge in [-0.05, 0) is 30.4 Å². The zero-order valence-electron chi connectivity index (χ0n) is 23.4. The van der Waals surface area contributed by atoms with Gasteiger partial charge in [-0.2, -0.15) is 0 Å². The van der Waals surface area contributed by atoms with Crippen LogP contribution < -0.4 is 10.5 Å². The quantitative estimate of drug-likeness (QED) is 0.877. The lowest BCUT2D eigenvalue weighted by Crippen LogP contribution is -2.41. The molecule has 0 aromatic heterocycles. The van der Waals surface area contributed by atoms with E-state index in [1.807, 2.05) is 0 Å². The highest BCUT2D eigenvalue weighted by molar-refractivity contribution is 5.31. The fourth-order valence-electron chi connectivity index (χ4n) is 1.66. The van der Waals surface area contributed by atoms with Gasteiger partial charge in [0, 0.05) is 27.5 Å². The molecular formula is C15H23NO2. The first kappa shape index (κ1) is 4.22. The van der Waals surface area contributed by atoms with Gasteiger partial charge < -0.3 is 15.6 Å². The SMILES string of the molecule is [2H]C([2H])([2H])Oc1ccc(C([2H])(CN)C2(O)C([2H])([2H])C([2H])([2H])C([2H])([2H])C([2H])([2H])C2([2H])[2H])cc1. The number of aliphatic hydroxyl groups is 1. The maximum absolute atomic E-state index is 11.5. The average Bonchev–Trinajstić information content (AvgIpc) is 2.64. The number of benzene rings is 1. The van der Waals surface area contributed by atoms with Gasteiger partial charge in [-0.1, -0.05) is 31.3 Å². The van der Waals surface area contributed by atoms with Gasteiger partial charge >= 0.3 is 0 Å². The molecule has 1 aromatic rings. The predicted molar refractivity (Wildman–Crippen MR) is 72.8 cm³/mol. The van der Waals surface area contributed by atoms with Gasteiger partial charge in [-0.25, -0.2) is 0 Å². The molecule has 1 aliphatic carbocycles. The first-order valence-corrected chi connectivity index (χ1v) is 5.22. The molecule has 1 unspecified atom stereocenters. The van der Waals surface area contributed by atoms with E-state index >= 15 is 0 Å². The van der Waals surface area contributed by atoms with Crippen LogP contribution in [0.15, 0.2) is 24.3 Å². The summed E-state index contributed by atoms with van der Waals surface area (Å²) in [6.07, 6.45) is -19.1. The minimum atomic E-state index is -3.87. The summed E-state index contributed by atoms with van der Waals surface area (Å²) in [4.78, 5) is 0. The number of methoxy groups -OCH3 is 1. The zero-order chi connectivity index (χ0) is 25.4. The molecule has 0 aliphatic heterocycles. The Balaban J connectivity index is 2.82. The van der Waals surface area contributed by atoms with Crippen molar-refractivity contribution in [3.63, 3.8) is 0 Å². The zero-order valence-corrected chi connectivity index (χ0v) is 9.45. The molecule has 0 spiro atoms. The van der Waals surface area contributed by atoms with E-state index in [-0.39, 0.29) is 5.75 Å². The Morgan fingerprint density at radius 2 is 2.11 bits per heavy atom. The molecule has 3 N–H and O–H groups in total. The van der Waals surface area contributed by atoms with E-state index in [1.165, 1.54) is 0 Å². The third kappa shape index (κ3) is 2.68. The van der Waals surface area contributed by atoms with Crippen LogP contribution in [0.1, 0.15) is 62.5 Å². The molecule has 100 valence electrons. The summed E-state index contributed by atoms with van der Waals surface area (Å²) in [7, 11) is -2.82. The topological polar surface area (TPSA) is 55.5 Å². The highest BCUT2D eigenvalue weighted by Crippen LogP contribution is 2.39. The first-order chi connectivity index (χ1) is 14.0. The van der Waals surface area contributed by atoms with Gasteiger partial charge in [0.1, 0.15) is 5.75 Å². The highest BCUT2D eigenvalue weighted by atomic mass is 16.5. The minimum absolute atomic E-state index is 0.211. The van der Waals surface area contributed by atoms with Gasteiger partial charge in [0.15, 0.2) is 0 Å². The number of rotatable bonds is 4. The van der Waals surface area contributed by atoms with Crippen molar-refractivity contribution in [3.05, 3.63) is 29.8 Å². The van der Waals surface area contributed by atoms with Gasteiger partial charge in [-0.3, -0.25) is 0 Å². The summed E-state index contributed by atoms with van der Waals surface area (Å²) in [5.41, 5.74) is 1.39. The van der Waals surface area contributed by atoms with E-state index in [0.717, 1.165) is 24.3 Å². The predicted octanol–water partition coefficient (Wildman–Crippen LogP) is 2.43. The first-order valence-electron chi connectivity index (χ1n) is 12.2. The highest BCUT2D eigenvalue weighted by Gasteiger charge is 2.37. The van der Waals surface area contributed by atoms with Crippen molar-refractivity contribution in [3.8, 4) is 5.75 Å². The molecule has 1 aromatic carbocycles. The van der Waals surface area contributed by atoms with Crippen molar-refractivity contribution in [2.45, 2.75) is 43.4 Å². The summed E-state index contributed by atoms with van der Waals surface area (Å²) in [6, 6.07) is 4.03. The molecule has 1 atom stereocenters. The molecule has 0 saturated heterocycles. The van der Waals surface area contributed by atoms with E-state index in [2.05, 4.69) is 4.74 Å². The fourth-order valence-corrected chi connectivity index (χ4v) is 1.66. The van der Waals surface area contributed by atoms with Crippen LogP contribution in [0, 0.1) is 0 Å². The molecule has 18 heavy (non-hydrogen) atoms. The molecule has 2 rings (SSSR count). The Morgan fingerprint density at radius 3 is 2.67 bits per heavy atom. The number of nitrogens with two attached hydrogens (primary N) is 1. The van der Waals surface area contributed by atoms with Gasteiger partial charge in [0.05, 0.1) is 16.8 Å². The lowest BCUT2D eigenvalue weighted by molar-refractivity contribution is -0.0194. The maximum Gasteiger partial charge on any atom is 0.118 e. The Bertz CT molecular complexity index is 836. The summed E-state index contributed by atoms with van der Waals surface area (Å²) >= 11 is 0. The summed E-state index contributed by atoms with van der Waals surface area (Å²) in [5, 5.41) is 11.5. The van der Waals surface area contributed by atoms with Gasteiger partial charge in [0.2, 0.25) is 0 Å². The van der Waals surface area contributed by atoms with Crippen molar-refractivity contribution in [2.24, 2.45) is 5.73 Å². The Morgan fingerprint density at radius 1 is 1.44 bits per heavy atom. The average molecular weight is 263 g/mol. The number of hydrogen-bond donors (Lipinski definition) is 2. The second-order valence-electron chi connectivity index (χ2n) is 3.64. The third-order valence-electron chi connectivity index (χ3n) is 2.57. The third-order valence-corrected chi connectivity index (χ3v) is 2.57. The largest absolute Gasteiger partial charge is 0.497 e. The molecule has 0 bridgehead atoms. The van der Waals surface area contributed by atoms with Crippen LogP contribution in [0.4, 0.5) is 0 Å². The second-order valence-corrected chi connectivity index (χ2v) is 3.64. The van der Waals surface area contributed by atoms with Crippen LogP contribution in [-0.2, 0) is 0 Å². The molecule has 3 nitrogen and oxygen atoms in total. The van der Waals surface area contributed by atoms with Crippen LogP contribution in [0.25, 0.3) is 0 Å². The Kier molecular flexibility index (Phi) is 1.34. The fraction of sp³-hybridized carbons (Fsp3) is 0.600. The van der Waals surface area contributed by atoms with Gasteiger partial charge in [0.25, 0.3) is 0 Å². The minimum Gasteiger partial charge on any atom is -0.497 e. The number of ether oxygens (including phenoxy) is 1. The van der Waals surface area contributed by atoms with Crippen molar-refractivity contribution in [2.75, 3.05) is 13.6 Å². The standard InChI is InChI=1S/C15H23NO2/c1-18-13-7-5-12(6-8-13)14(11-16)15(17)9-3-2-4-10-15/h5-8,14,17H,2-4,9-11,16H2,1H3/i1D3,2D2,3D2,4D2,9D2,10D2,14D. The molecule has 1 aliphatic rings. The van der Waals surface area contributed by atoms with Crippen LogP contribution in [-0.4, -0.2) is 24.3 Å². The smallest absolute Gasteiger partial charge is 0.118 e. The van der Waals surface area contributed by atoms with E-state index < -0.39 is 62.5 Å². The normalized spacial score (nSPS) is 48.3. The maximum atomic E-state index is 11.5. The van der Waals surface area contributed by atoms with Crippen molar-refractivity contribution >= 4 is 0 Å². The van der Waals surface area contributed by atoms with E-state index in [0.29, 0.717) is 0 Å². The molecule has 0 heterocycles. The lowest BCUT2D eigenvalue weighted by Gasteiger charge is -2.39. The molecule has 0 radical (unpaired) electrons. The van der Waals surface area contributed by atoms with Crippen LogP contribution in [0.2, 0.25) is 0 Å². The Labute approximate surface area is 129 Å². The van der Waals surface area contributed by atoms with Crippen LogP contribution in [0.3, 0.4) is 0 Å². The van der Waals surface area contributed by atoms with Crippen LogP contribution >= 0.6 is 0 Å². The molecule has 3 heteroatoms. The lowest BCUT2D eigenvalue weighted by atomic mass is 9.73. The molecular weight excluding hydrogens is 226 g/mol. The van der Waals surface area contributed by atoms with E-state index in [1.54, 1.807) is 0 Å². The summed E-state index contributed by atoms with van der Waals surface area (Å²) in [5.74, 6) is -3.16. The molecule has 0 amide bonds. The van der Waals surface area contributed by atoms with E-state index in [9.17, 15) is 5.11 Å². The summed E-state index contributed by atoms with van der Waals surface area (Å²) in [6.45, 7) is -1.03. The van der Waals surface area contributed by atoms with Gasteiger partial charge in [-0.15, -0.1) is 0 Å². The van der Waals surface area contributed by atoms with E-state index in [4.69, 9.17) is 24.9 Å². The van der Waals surface area contributed by atoms with Crippen molar-refractivity contribution in [1.29, 1.82) is 0 Å².